The highest BCUT2D eigenvalue weighted by Gasteiger charge is 2.15. The van der Waals surface area contributed by atoms with Gasteiger partial charge >= 0.3 is 0 Å². The van der Waals surface area contributed by atoms with Crippen LogP contribution in [0.25, 0.3) is 0 Å². The summed E-state index contributed by atoms with van der Waals surface area (Å²) < 4.78 is 2.16. The fraction of sp³-hybridized carbons (Fsp3) is 0.500. The lowest BCUT2D eigenvalue weighted by molar-refractivity contribution is 0.485. The molecule has 0 amide bonds. The van der Waals surface area contributed by atoms with Gasteiger partial charge in [-0.2, -0.15) is 0 Å². The van der Waals surface area contributed by atoms with Gasteiger partial charge in [-0.15, -0.1) is 11.3 Å². The normalized spacial score (nSPS) is 13.2. The molecule has 2 aromatic heterocycles. The standard InChI is InChI=1S/C14H21N3S/c1-9(2)14(15)13-6-16-8-17(13)7-12-5-10(3)11(4)18-12/h5-6,8-9,14H,7,15H2,1-4H3. The maximum atomic E-state index is 6.21. The summed E-state index contributed by atoms with van der Waals surface area (Å²) in [5.41, 5.74) is 8.70. The molecule has 2 N–H and O–H groups in total. The van der Waals surface area contributed by atoms with Crippen LogP contribution in [0, 0.1) is 19.8 Å². The highest BCUT2D eigenvalue weighted by Crippen LogP contribution is 2.24. The van der Waals surface area contributed by atoms with Gasteiger partial charge in [0.1, 0.15) is 0 Å². The Morgan fingerprint density at radius 2 is 2.11 bits per heavy atom. The maximum absolute atomic E-state index is 6.21. The number of hydrogen-bond acceptors (Lipinski definition) is 3. The van der Waals surface area contributed by atoms with Crippen LogP contribution in [0.2, 0.25) is 0 Å². The molecule has 2 rings (SSSR count). The van der Waals surface area contributed by atoms with Gasteiger partial charge < -0.3 is 10.3 Å². The minimum absolute atomic E-state index is 0.0506. The molecule has 0 aliphatic carbocycles. The fourth-order valence-electron chi connectivity index (χ4n) is 1.98. The second-order valence-electron chi connectivity index (χ2n) is 5.17. The van der Waals surface area contributed by atoms with E-state index in [9.17, 15) is 0 Å². The number of nitrogens with two attached hydrogens (primary N) is 1. The topological polar surface area (TPSA) is 43.8 Å². The Hall–Kier alpha value is -1.13. The van der Waals surface area contributed by atoms with Crippen molar-refractivity contribution in [1.82, 2.24) is 9.55 Å². The van der Waals surface area contributed by atoms with Crippen molar-refractivity contribution in [2.45, 2.75) is 40.3 Å². The summed E-state index contributed by atoms with van der Waals surface area (Å²) in [6.45, 7) is 9.47. The average molecular weight is 263 g/mol. The van der Waals surface area contributed by atoms with Crippen molar-refractivity contribution in [3.05, 3.63) is 39.6 Å². The molecule has 1 atom stereocenters. The van der Waals surface area contributed by atoms with E-state index in [0.29, 0.717) is 5.92 Å². The predicted molar refractivity (Wildman–Crippen MR) is 76.9 cm³/mol. The molecule has 18 heavy (non-hydrogen) atoms. The van der Waals surface area contributed by atoms with Crippen LogP contribution in [0.5, 0.6) is 0 Å². The lowest BCUT2D eigenvalue weighted by Crippen LogP contribution is -2.20. The molecule has 4 heteroatoms. The minimum Gasteiger partial charge on any atom is -0.328 e. The Bertz CT molecular complexity index is 505. The molecule has 1 unspecified atom stereocenters. The Balaban J connectivity index is 2.22. The third kappa shape index (κ3) is 2.65. The van der Waals surface area contributed by atoms with Gasteiger partial charge in [-0.1, -0.05) is 13.8 Å². The van der Waals surface area contributed by atoms with E-state index in [1.165, 1.54) is 15.3 Å². The molecule has 0 aliphatic rings. The van der Waals surface area contributed by atoms with Crippen LogP contribution in [-0.2, 0) is 6.54 Å². The van der Waals surface area contributed by atoms with E-state index in [0.717, 1.165) is 12.2 Å². The minimum atomic E-state index is 0.0506. The lowest BCUT2D eigenvalue weighted by atomic mass is 10.0. The van der Waals surface area contributed by atoms with E-state index in [1.807, 2.05) is 23.9 Å². The van der Waals surface area contributed by atoms with Crippen LogP contribution < -0.4 is 5.73 Å². The first-order valence-electron chi connectivity index (χ1n) is 6.30. The van der Waals surface area contributed by atoms with Crippen molar-refractivity contribution < 1.29 is 0 Å². The third-order valence-electron chi connectivity index (χ3n) is 3.35. The van der Waals surface area contributed by atoms with Gasteiger partial charge in [-0.3, -0.25) is 0 Å². The van der Waals surface area contributed by atoms with Crippen molar-refractivity contribution >= 4 is 11.3 Å². The van der Waals surface area contributed by atoms with E-state index >= 15 is 0 Å². The van der Waals surface area contributed by atoms with Crippen LogP contribution in [0.4, 0.5) is 0 Å². The molecule has 0 saturated heterocycles. The molecular weight excluding hydrogens is 242 g/mol. The number of imidazole rings is 1. The van der Waals surface area contributed by atoms with Crippen LogP contribution in [0.15, 0.2) is 18.6 Å². The highest BCUT2D eigenvalue weighted by atomic mass is 32.1. The molecule has 3 nitrogen and oxygen atoms in total. The summed E-state index contributed by atoms with van der Waals surface area (Å²) in [5.74, 6) is 0.423. The van der Waals surface area contributed by atoms with Crippen molar-refractivity contribution in [3.8, 4) is 0 Å². The van der Waals surface area contributed by atoms with Crippen LogP contribution in [0.1, 0.15) is 40.9 Å². The van der Waals surface area contributed by atoms with E-state index in [-0.39, 0.29) is 6.04 Å². The molecule has 0 saturated carbocycles. The fourth-order valence-corrected chi connectivity index (χ4v) is 3.03. The summed E-state index contributed by atoms with van der Waals surface area (Å²) in [6, 6.07) is 2.31. The van der Waals surface area contributed by atoms with Crippen molar-refractivity contribution in [3.63, 3.8) is 0 Å². The number of aromatic nitrogens is 2. The van der Waals surface area contributed by atoms with Gasteiger partial charge in [-0.05, 0) is 31.4 Å². The van der Waals surface area contributed by atoms with Gasteiger partial charge in [0.05, 0.1) is 18.6 Å². The van der Waals surface area contributed by atoms with E-state index < -0.39 is 0 Å². The Kier molecular flexibility index (Phi) is 3.88. The summed E-state index contributed by atoms with van der Waals surface area (Å²) in [7, 11) is 0. The maximum Gasteiger partial charge on any atom is 0.0952 e. The number of nitrogens with zero attached hydrogens (tertiary/aromatic N) is 2. The summed E-state index contributed by atoms with van der Waals surface area (Å²) in [6.07, 6.45) is 3.76. The van der Waals surface area contributed by atoms with Gasteiger partial charge in [0.15, 0.2) is 0 Å². The molecule has 0 bridgehead atoms. The van der Waals surface area contributed by atoms with Crippen LogP contribution in [-0.4, -0.2) is 9.55 Å². The molecule has 0 aromatic carbocycles. The second-order valence-corrected chi connectivity index (χ2v) is 6.51. The molecular formula is C14H21N3S. The van der Waals surface area contributed by atoms with Gasteiger partial charge in [0.25, 0.3) is 0 Å². The zero-order valence-corrected chi connectivity index (χ0v) is 12.3. The summed E-state index contributed by atoms with van der Waals surface area (Å²) in [5, 5.41) is 0. The monoisotopic (exact) mass is 263 g/mol. The van der Waals surface area contributed by atoms with Crippen molar-refractivity contribution in [1.29, 1.82) is 0 Å². The van der Waals surface area contributed by atoms with Gasteiger partial charge in [-0.25, -0.2) is 4.98 Å². The van der Waals surface area contributed by atoms with Crippen LogP contribution >= 0.6 is 11.3 Å². The first-order valence-corrected chi connectivity index (χ1v) is 7.12. The zero-order chi connectivity index (χ0) is 13.3. The van der Waals surface area contributed by atoms with Crippen LogP contribution in [0.3, 0.4) is 0 Å². The first kappa shape index (κ1) is 13.3. The predicted octanol–water partition coefficient (Wildman–Crippen LogP) is 3.27. The molecule has 98 valence electrons. The molecule has 2 aromatic rings. The number of hydrogen-bond donors (Lipinski definition) is 1. The third-order valence-corrected chi connectivity index (χ3v) is 4.48. The van der Waals surface area contributed by atoms with Gasteiger partial charge in [0.2, 0.25) is 0 Å². The lowest BCUT2D eigenvalue weighted by Gasteiger charge is -2.17. The quantitative estimate of drug-likeness (QED) is 0.920. The molecule has 0 fully saturated rings. The zero-order valence-electron chi connectivity index (χ0n) is 11.5. The molecule has 0 spiro atoms. The molecule has 0 radical (unpaired) electrons. The molecule has 0 aliphatic heterocycles. The first-order chi connectivity index (χ1) is 8.49. The Labute approximate surface area is 113 Å². The van der Waals surface area contributed by atoms with E-state index in [4.69, 9.17) is 5.73 Å². The van der Waals surface area contributed by atoms with E-state index in [2.05, 4.69) is 43.3 Å². The highest BCUT2D eigenvalue weighted by molar-refractivity contribution is 7.12. The van der Waals surface area contributed by atoms with E-state index in [1.54, 1.807) is 0 Å². The smallest absolute Gasteiger partial charge is 0.0952 e. The average Bonchev–Trinajstić information content (AvgIpc) is 2.86. The summed E-state index contributed by atoms with van der Waals surface area (Å²) in [4.78, 5) is 6.99. The Morgan fingerprint density at radius 3 is 2.67 bits per heavy atom. The number of aryl methyl sites for hydroxylation is 2. The number of rotatable bonds is 4. The number of thiophene rings is 1. The second kappa shape index (κ2) is 5.24. The SMILES string of the molecule is Cc1cc(Cn2cncc2C(N)C(C)C)sc1C. The summed E-state index contributed by atoms with van der Waals surface area (Å²) >= 11 is 1.85. The van der Waals surface area contributed by atoms with Gasteiger partial charge in [0, 0.05) is 22.0 Å². The largest absolute Gasteiger partial charge is 0.328 e. The van der Waals surface area contributed by atoms with Crippen molar-refractivity contribution in [2.24, 2.45) is 11.7 Å². The molecule has 2 heterocycles. The van der Waals surface area contributed by atoms with Crippen molar-refractivity contribution in [2.75, 3.05) is 0 Å². The Morgan fingerprint density at radius 1 is 1.39 bits per heavy atom.